The van der Waals surface area contributed by atoms with Crippen molar-refractivity contribution in [3.05, 3.63) is 82.4 Å². The second kappa shape index (κ2) is 9.72. The smallest absolute Gasteiger partial charge is 0.226 e. The van der Waals surface area contributed by atoms with E-state index in [-0.39, 0.29) is 11.9 Å². The maximum atomic E-state index is 12.5. The summed E-state index contributed by atoms with van der Waals surface area (Å²) in [6.45, 7) is 2.58. The molecule has 0 fully saturated rings. The molecule has 31 heavy (non-hydrogen) atoms. The summed E-state index contributed by atoms with van der Waals surface area (Å²) in [5.74, 6) is 0.689. The van der Waals surface area contributed by atoms with E-state index >= 15 is 0 Å². The Kier molecular flexibility index (Phi) is 6.59. The lowest BCUT2D eigenvalue weighted by atomic mass is 10.1. The zero-order valence-electron chi connectivity index (χ0n) is 17.0. The van der Waals surface area contributed by atoms with E-state index in [1.807, 2.05) is 64.5 Å². The number of carbonyl (C=O) groups is 1. The molecular formula is C23H23N5OS2. The summed E-state index contributed by atoms with van der Waals surface area (Å²) in [5.41, 5.74) is 2.98. The van der Waals surface area contributed by atoms with Crippen LogP contribution in [-0.2, 0) is 11.3 Å². The van der Waals surface area contributed by atoms with Crippen molar-refractivity contribution in [2.75, 3.05) is 10.6 Å². The van der Waals surface area contributed by atoms with Crippen LogP contribution in [0.4, 0.5) is 11.4 Å². The molecule has 158 valence electrons. The SMILES string of the molecule is CC(Nc1ccc(NC(=O)CCn2c(-c3cccs3)n[nH]c2=S)cc1)c1ccccc1. The van der Waals surface area contributed by atoms with Crippen molar-refractivity contribution in [1.82, 2.24) is 14.8 Å². The first-order chi connectivity index (χ1) is 15.1. The van der Waals surface area contributed by atoms with Gasteiger partial charge in [0.2, 0.25) is 5.91 Å². The number of amides is 1. The molecule has 1 atom stereocenters. The lowest BCUT2D eigenvalue weighted by Gasteiger charge is -2.16. The van der Waals surface area contributed by atoms with Gasteiger partial charge in [-0.1, -0.05) is 36.4 Å². The van der Waals surface area contributed by atoms with Crippen molar-refractivity contribution in [2.24, 2.45) is 0 Å². The third-order valence-corrected chi connectivity index (χ3v) is 6.09. The minimum atomic E-state index is -0.0707. The Morgan fingerprint density at radius 1 is 1.10 bits per heavy atom. The maximum Gasteiger partial charge on any atom is 0.226 e. The Balaban J connectivity index is 1.33. The molecule has 4 rings (SSSR count). The van der Waals surface area contributed by atoms with Gasteiger partial charge >= 0.3 is 0 Å². The molecule has 0 aliphatic rings. The molecule has 0 saturated carbocycles. The molecule has 3 N–H and O–H groups in total. The quantitative estimate of drug-likeness (QED) is 0.294. The molecule has 8 heteroatoms. The first-order valence-corrected chi connectivity index (χ1v) is 11.3. The molecule has 4 aromatic rings. The number of carbonyl (C=O) groups excluding carboxylic acids is 1. The number of rotatable bonds is 8. The summed E-state index contributed by atoms with van der Waals surface area (Å²) >= 11 is 6.91. The van der Waals surface area contributed by atoms with Crippen LogP contribution in [0.3, 0.4) is 0 Å². The number of hydrogen-bond acceptors (Lipinski definition) is 5. The number of benzene rings is 2. The van der Waals surface area contributed by atoms with Crippen LogP contribution in [0.2, 0.25) is 0 Å². The molecule has 0 spiro atoms. The minimum Gasteiger partial charge on any atom is -0.379 e. The molecule has 0 aliphatic heterocycles. The van der Waals surface area contributed by atoms with E-state index in [2.05, 4.69) is 39.9 Å². The number of nitrogens with one attached hydrogen (secondary N) is 3. The third-order valence-electron chi connectivity index (χ3n) is 4.91. The van der Waals surface area contributed by atoms with Crippen LogP contribution in [0.25, 0.3) is 10.7 Å². The zero-order chi connectivity index (χ0) is 21.6. The molecule has 0 aliphatic carbocycles. The van der Waals surface area contributed by atoms with E-state index in [0.717, 1.165) is 22.1 Å². The highest BCUT2D eigenvalue weighted by molar-refractivity contribution is 7.71. The highest BCUT2D eigenvalue weighted by atomic mass is 32.1. The van der Waals surface area contributed by atoms with Crippen LogP contribution in [0, 0.1) is 4.77 Å². The number of hydrogen-bond donors (Lipinski definition) is 3. The summed E-state index contributed by atoms with van der Waals surface area (Å²) in [6, 6.07) is 22.2. The van der Waals surface area contributed by atoms with Crippen molar-refractivity contribution in [1.29, 1.82) is 0 Å². The molecule has 2 aromatic heterocycles. The fourth-order valence-corrected chi connectivity index (χ4v) is 4.23. The number of aromatic nitrogens is 3. The monoisotopic (exact) mass is 449 g/mol. The van der Waals surface area contributed by atoms with Crippen molar-refractivity contribution >= 4 is 40.8 Å². The molecule has 0 radical (unpaired) electrons. The van der Waals surface area contributed by atoms with Gasteiger partial charge in [0.1, 0.15) is 0 Å². The lowest BCUT2D eigenvalue weighted by Crippen LogP contribution is -2.15. The Hall–Kier alpha value is -3.23. The van der Waals surface area contributed by atoms with Crippen molar-refractivity contribution in [3.63, 3.8) is 0 Å². The van der Waals surface area contributed by atoms with E-state index in [0.29, 0.717) is 17.7 Å². The number of aromatic amines is 1. The molecule has 0 bridgehead atoms. The largest absolute Gasteiger partial charge is 0.379 e. The van der Waals surface area contributed by atoms with Gasteiger partial charge in [-0.15, -0.1) is 11.3 Å². The highest BCUT2D eigenvalue weighted by Crippen LogP contribution is 2.23. The van der Waals surface area contributed by atoms with Crippen LogP contribution < -0.4 is 10.6 Å². The highest BCUT2D eigenvalue weighted by Gasteiger charge is 2.12. The zero-order valence-corrected chi connectivity index (χ0v) is 18.7. The number of anilines is 2. The maximum absolute atomic E-state index is 12.5. The van der Waals surface area contributed by atoms with Crippen LogP contribution in [0.1, 0.15) is 24.9 Å². The number of H-pyrrole nitrogens is 1. The second-order valence-corrected chi connectivity index (χ2v) is 8.47. The van der Waals surface area contributed by atoms with Gasteiger partial charge in [0.25, 0.3) is 0 Å². The average Bonchev–Trinajstić information content (AvgIpc) is 3.44. The fourth-order valence-electron chi connectivity index (χ4n) is 3.28. The predicted octanol–water partition coefficient (Wildman–Crippen LogP) is 5.87. The van der Waals surface area contributed by atoms with Crippen LogP contribution in [0.15, 0.2) is 72.1 Å². The average molecular weight is 450 g/mol. The normalized spacial score (nSPS) is 11.8. The minimum absolute atomic E-state index is 0.0707. The molecule has 1 amide bonds. The first-order valence-electron chi connectivity index (χ1n) is 10.0. The van der Waals surface area contributed by atoms with E-state index < -0.39 is 0 Å². The van der Waals surface area contributed by atoms with E-state index in [1.165, 1.54) is 5.56 Å². The molecule has 6 nitrogen and oxygen atoms in total. The van der Waals surface area contributed by atoms with E-state index in [1.54, 1.807) is 11.3 Å². The Labute approximate surface area is 190 Å². The molecule has 1 unspecified atom stereocenters. The van der Waals surface area contributed by atoms with Crippen molar-refractivity contribution in [3.8, 4) is 10.7 Å². The van der Waals surface area contributed by atoms with Gasteiger partial charge in [0, 0.05) is 30.4 Å². The van der Waals surface area contributed by atoms with Gasteiger partial charge in [-0.3, -0.25) is 14.5 Å². The van der Waals surface area contributed by atoms with Gasteiger partial charge in [-0.2, -0.15) is 5.10 Å². The van der Waals surface area contributed by atoms with Crippen molar-refractivity contribution in [2.45, 2.75) is 25.9 Å². The topological polar surface area (TPSA) is 74.7 Å². The summed E-state index contributed by atoms with van der Waals surface area (Å²) in [7, 11) is 0. The van der Waals surface area contributed by atoms with Gasteiger partial charge < -0.3 is 10.6 Å². The molecular weight excluding hydrogens is 426 g/mol. The van der Waals surface area contributed by atoms with Gasteiger partial charge in [0.15, 0.2) is 10.6 Å². The fraction of sp³-hybridized carbons (Fsp3) is 0.174. The van der Waals surface area contributed by atoms with Gasteiger partial charge in [-0.25, -0.2) is 0 Å². The van der Waals surface area contributed by atoms with Crippen LogP contribution >= 0.6 is 23.6 Å². The molecule has 2 aromatic carbocycles. The first kappa shape index (κ1) is 21.0. The second-order valence-electron chi connectivity index (χ2n) is 7.13. The summed E-state index contributed by atoms with van der Waals surface area (Å²) < 4.78 is 2.37. The molecule has 0 saturated heterocycles. The van der Waals surface area contributed by atoms with Crippen molar-refractivity contribution < 1.29 is 4.79 Å². The van der Waals surface area contributed by atoms with Gasteiger partial charge in [0.05, 0.1) is 4.88 Å². The third kappa shape index (κ3) is 5.28. The lowest BCUT2D eigenvalue weighted by molar-refractivity contribution is -0.116. The predicted molar refractivity (Wildman–Crippen MR) is 129 cm³/mol. The van der Waals surface area contributed by atoms with Gasteiger partial charge in [-0.05, 0) is 60.4 Å². The van der Waals surface area contributed by atoms with Crippen LogP contribution in [0.5, 0.6) is 0 Å². The Morgan fingerprint density at radius 3 is 2.55 bits per heavy atom. The Bertz CT molecular complexity index is 1180. The number of thiophene rings is 1. The Morgan fingerprint density at radius 2 is 1.84 bits per heavy atom. The summed E-state index contributed by atoms with van der Waals surface area (Å²) in [6.07, 6.45) is 0.303. The number of nitrogens with zero attached hydrogens (tertiary/aromatic N) is 2. The standard InChI is InChI=1S/C23H23N5OS2/c1-16(17-6-3-2-4-7-17)24-18-9-11-19(12-10-18)25-21(29)13-14-28-22(26-27-23(28)30)20-8-5-15-31-20/h2-12,15-16,24H,13-14H2,1H3,(H,25,29)(H,27,30). The summed E-state index contributed by atoms with van der Waals surface area (Å²) in [5, 5.41) is 15.5. The van der Waals surface area contributed by atoms with E-state index in [4.69, 9.17) is 12.2 Å². The molecule has 2 heterocycles. The van der Waals surface area contributed by atoms with E-state index in [9.17, 15) is 4.79 Å². The summed E-state index contributed by atoms with van der Waals surface area (Å²) in [4.78, 5) is 13.5. The van der Waals surface area contributed by atoms with Crippen LogP contribution in [-0.4, -0.2) is 20.7 Å².